The molecule has 2 atom stereocenters. The molecule has 0 fully saturated rings. The van der Waals surface area contributed by atoms with Crippen molar-refractivity contribution in [3.63, 3.8) is 0 Å². The molecule has 0 amide bonds. The highest BCUT2D eigenvalue weighted by molar-refractivity contribution is 6.72. The SMILES string of the molecule is C=C1[C@@H](C)CC(c2ccncc2[N+](=O)[O-])=C[C@H]1CC(C)(C)[Si](C)(C)O. The topological polar surface area (TPSA) is 76.3 Å². The largest absolute Gasteiger partial charge is 0.432 e. The summed E-state index contributed by atoms with van der Waals surface area (Å²) < 4.78 is 0. The highest BCUT2D eigenvalue weighted by Crippen LogP contribution is 2.48. The highest BCUT2D eigenvalue weighted by atomic mass is 28.4. The summed E-state index contributed by atoms with van der Waals surface area (Å²) in [7, 11) is -2.34. The molecule has 0 saturated carbocycles. The molecule has 6 heteroatoms. The quantitative estimate of drug-likeness (QED) is 0.349. The van der Waals surface area contributed by atoms with Gasteiger partial charge in [0, 0.05) is 6.20 Å². The fourth-order valence-electron chi connectivity index (χ4n) is 3.24. The van der Waals surface area contributed by atoms with E-state index in [-0.39, 0.29) is 27.5 Å². The van der Waals surface area contributed by atoms with Crippen LogP contribution in [0.1, 0.15) is 39.2 Å². The van der Waals surface area contributed by atoms with Crippen LogP contribution in [0.5, 0.6) is 0 Å². The standard InChI is InChI=1S/C19H28N2O3Si/c1-13-9-15(17-7-8-20-12-18(17)21(22)23)10-16(14(13)2)11-19(3,4)25(5,6)24/h7-8,10,12-13,16,24H,2,9,11H2,1,3-6H3/t13-,16-/m0/s1. The van der Waals surface area contributed by atoms with Crippen LogP contribution in [0.2, 0.25) is 18.1 Å². The molecular formula is C19H28N2O3Si. The third-order valence-electron chi connectivity index (χ3n) is 5.77. The minimum absolute atomic E-state index is 0.0448. The van der Waals surface area contributed by atoms with Gasteiger partial charge in [-0.05, 0) is 54.4 Å². The fraction of sp³-hybridized carbons (Fsp3) is 0.526. The van der Waals surface area contributed by atoms with Crippen LogP contribution in [0.4, 0.5) is 5.69 Å². The predicted molar refractivity (Wildman–Crippen MR) is 104 cm³/mol. The maximum atomic E-state index is 11.3. The molecular weight excluding hydrogens is 332 g/mol. The first-order valence-corrected chi connectivity index (χ1v) is 11.6. The van der Waals surface area contributed by atoms with Gasteiger partial charge in [-0.15, -0.1) is 0 Å². The van der Waals surface area contributed by atoms with Crippen LogP contribution in [-0.2, 0) is 0 Å². The van der Waals surface area contributed by atoms with Gasteiger partial charge in [-0.1, -0.05) is 39.0 Å². The van der Waals surface area contributed by atoms with E-state index in [0.29, 0.717) is 5.56 Å². The van der Waals surface area contributed by atoms with Gasteiger partial charge in [0.2, 0.25) is 0 Å². The van der Waals surface area contributed by atoms with Crippen molar-refractivity contribution in [1.82, 2.24) is 4.98 Å². The van der Waals surface area contributed by atoms with Gasteiger partial charge in [0.05, 0.1) is 10.5 Å². The van der Waals surface area contributed by atoms with Gasteiger partial charge >= 0.3 is 0 Å². The molecule has 0 spiro atoms. The van der Waals surface area contributed by atoms with Gasteiger partial charge in [-0.2, -0.15) is 0 Å². The number of nitro groups is 1. The number of nitrogens with zero attached hydrogens (tertiary/aromatic N) is 2. The molecule has 1 heterocycles. The van der Waals surface area contributed by atoms with Crippen molar-refractivity contribution in [2.24, 2.45) is 11.8 Å². The summed E-state index contributed by atoms with van der Waals surface area (Å²) in [5, 5.41) is 11.2. The summed E-state index contributed by atoms with van der Waals surface area (Å²) in [6.45, 7) is 14.5. The van der Waals surface area contributed by atoms with Crippen molar-refractivity contribution in [1.29, 1.82) is 0 Å². The van der Waals surface area contributed by atoms with Crippen LogP contribution < -0.4 is 0 Å². The molecule has 0 saturated heterocycles. The smallest absolute Gasteiger partial charge is 0.294 e. The van der Waals surface area contributed by atoms with Crippen LogP contribution in [0.3, 0.4) is 0 Å². The van der Waals surface area contributed by atoms with Crippen LogP contribution in [0.15, 0.2) is 36.7 Å². The minimum Gasteiger partial charge on any atom is -0.432 e. The lowest BCUT2D eigenvalue weighted by Crippen LogP contribution is -2.40. The predicted octanol–water partition coefficient (Wildman–Crippen LogP) is 4.95. The highest BCUT2D eigenvalue weighted by Gasteiger charge is 2.41. The van der Waals surface area contributed by atoms with Gasteiger partial charge in [-0.3, -0.25) is 15.1 Å². The van der Waals surface area contributed by atoms with Crippen molar-refractivity contribution in [2.45, 2.75) is 51.7 Å². The van der Waals surface area contributed by atoms with Gasteiger partial charge < -0.3 is 4.80 Å². The van der Waals surface area contributed by atoms with E-state index in [2.05, 4.69) is 38.4 Å². The monoisotopic (exact) mass is 360 g/mol. The summed E-state index contributed by atoms with van der Waals surface area (Å²) in [6.07, 6.45) is 6.56. The summed E-state index contributed by atoms with van der Waals surface area (Å²) >= 11 is 0. The molecule has 0 radical (unpaired) electrons. The molecule has 136 valence electrons. The van der Waals surface area contributed by atoms with Gasteiger partial charge in [0.25, 0.3) is 5.69 Å². The molecule has 0 unspecified atom stereocenters. The molecule has 25 heavy (non-hydrogen) atoms. The summed E-state index contributed by atoms with van der Waals surface area (Å²) in [5.41, 5.74) is 2.81. The van der Waals surface area contributed by atoms with Crippen LogP contribution >= 0.6 is 0 Å². The Balaban J connectivity index is 2.44. The molecule has 0 aromatic carbocycles. The third-order valence-corrected chi connectivity index (χ3v) is 9.28. The normalized spacial score (nSPS) is 21.8. The molecule has 1 aromatic rings. The minimum atomic E-state index is -2.34. The average molecular weight is 361 g/mol. The number of hydrogen-bond acceptors (Lipinski definition) is 4. The Bertz CT molecular complexity index is 720. The molecule has 1 aromatic heterocycles. The van der Waals surface area contributed by atoms with Crippen molar-refractivity contribution >= 4 is 19.6 Å². The maximum Gasteiger partial charge on any atom is 0.294 e. The van der Waals surface area contributed by atoms with Gasteiger partial charge in [0.1, 0.15) is 6.20 Å². The van der Waals surface area contributed by atoms with E-state index in [4.69, 9.17) is 0 Å². The Morgan fingerprint density at radius 3 is 2.68 bits per heavy atom. The van der Waals surface area contributed by atoms with E-state index in [1.165, 1.54) is 6.20 Å². The number of hydrogen-bond donors (Lipinski definition) is 1. The zero-order valence-electron chi connectivity index (χ0n) is 15.7. The Hall–Kier alpha value is -1.79. The summed E-state index contributed by atoms with van der Waals surface area (Å²) in [6, 6.07) is 1.72. The fourth-order valence-corrected chi connectivity index (χ4v) is 3.96. The van der Waals surface area contributed by atoms with E-state index in [1.807, 2.05) is 13.1 Å². The van der Waals surface area contributed by atoms with Crippen LogP contribution in [0.25, 0.3) is 5.57 Å². The number of allylic oxidation sites excluding steroid dienone is 3. The van der Waals surface area contributed by atoms with Crippen LogP contribution in [-0.4, -0.2) is 23.0 Å². The van der Waals surface area contributed by atoms with Crippen molar-refractivity contribution in [3.8, 4) is 0 Å². The molecule has 2 rings (SSSR count). The zero-order valence-corrected chi connectivity index (χ0v) is 16.7. The molecule has 0 aliphatic heterocycles. The number of rotatable bonds is 5. The zero-order chi connectivity index (χ0) is 19.0. The second-order valence-electron chi connectivity index (χ2n) is 8.28. The van der Waals surface area contributed by atoms with E-state index in [0.717, 1.165) is 24.0 Å². The van der Waals surface area contributed by atoms with Gasteiger partial charge in [-0.25, -0.2) is 0 Å². The van der Waals surface area contributed by atoms with Crippen molar-refractivity contribution in [2.75, 3.05) is 0 Å². The Morgan fingerprint density at radius 1 is 1.48 bits per heavy atom. The maximum absolute atomic E-state index is 11.3. The van der Waals surface area contributed by atoms with E-state index in [1.54, 1.807) is 12.3 Å². The first-order valence-electron chi connectivity index (χ1n) is 8.64. The summed E-state index contributed by atoms with van der Waals surface area (Å²) in [5.74, 6) is 0.359. The summed E-state index contributed by atoms with van der Waals surface area (Å²) in [4.78, 5) is 25.5. The second kappa shape index (κ2) is 6.84. The third kappa shape index (κ3) is 4.07. The van der Waals surface area contributed by atoms with Crippen molar-refractivity contribution < 1.29 is 9.72 Å². The van der Waals surface area contributed by atoms with E-state index >= 15 is 0 Å². The molecule has 5 nitrogen and oxygen atoms in total. The lowest BCUT2D eigenvalue weighted by molar-refractivity contribution is -0.385. The lowest BCUT2D eigenvalue weighted by Gasteiger charge is -2.40. The lowest BCUT2D eigenvalue weighted by atomic mass is 9.74. The Labute approximate surface area is 150 Å². The van der Waals surface area contributed by atoms with Crippen LogP contribution in [0, 0.1) is 22.0 Å². The Morgan fingerprint density at radius 2 is 2.12 bits per heavy atom. The number of aromatic nitrogens is 1. The number of pyridine rings is 1. The van der Waals surface area contributed by atoms with E-state index in [9.17, 15) is 14.9 Å². The first-order chi connectivity index (χ1) is 11.4. The molecule has 0 bridgehead atoms. The van der Waals surface area contributed by atoms with Gasteiger partial charge in [0.15, 0.2) is 8.32 Å². The Kier molecular flexibility index (Phi) is 5.34. The second-order valence-corrected chi connectivity index (χ2v) is 12.7. The average Bonchev–Trinajstić information content (AvgIpc) is 2.50. The van der Waals surface area contributed by atoms with Crippen molar-refractivity contribution in [3.05, 3.63) is 52.4 Å². The first kappa shape index (κ1) is 19.5. The van der Waals surface area contributed by atoms with E-state index < -0.39 is 8.32 Å². The molecule has 1 N–H and O–H groups in total. The molecule has 1 aliphatic rings. The molecule has 1 aliphatic carbocycles.